The van der Waals surface area contributed by atoms with E-state index in [1.807, 2.05) is 6.92 Å². The molecule has 1 unspecified atom stereocenters. The fourth-order valence-corrected chi connectivity index (χ4v) is 3.45. The van der Waals surface area contributed by atoms with E-state index in [-0.39, 0.29) is 12.0 Å². The van der Waals surface area contributed by atoms with E-state index in [0.29, 0.717) is 24.0 Å². The minimum absolute atomic E-state index is 0.0291. The summed E-state index contributed by atoms with van der Waals surface area (Å²) < 4.78 is 5.28. The van der Waals surface area contributed by atoms with Crippen LogP contribution in [-0.4, -0.2) is 24.7 Å². The Morgan fingerprint density at radius 2 is 1.75 bits per heavy atom. The van der Waals surface area contributed by atoms with Gasteiger partial charge in [0.1, 0.15) is 6.04 Å². The molecule has 0 spiro atoms. The highest BCUT2D eigenvalue weighted by molar-refractivity contribution is 5.76. The van der Waals surface area contributed by atoms with Gasteiger partial charge in [-0.15, -0.1) is 0 Å². The number of nitrogens with one attached hydrogen (secondary N) is 1. The monoisotopic (exact) mass is 281 g/mol. The summed E-state index contributed by atoms with van der Waals surface area (Å²) in [5, 5.41) is 3.52. The lowest BCUT2D eigenvalue weighted by Gasteiger charge is -2.39. The van der Waals surface area contributed by atoms with Crippen LogP contribution in [0.3, 0.4) is 0 Å². The molecule has 1 atom stereocenters. The lowest BCUT2D eigenvalue weighted by Crippen LogP contribution is -2.46. The Morgan fingerprint density at radius 3 is 2.20 bits per heavy atom. The maximum absolute atomic E-state index is 12.2. The van der Waals surface area contributed by atoms with Crippen LogP contribution in [-0.2, 0) is 9.53 Å². The largest absolute Gasteiger partial charge is 0.465 e. The minimum Gasteiger partial charge on any atom is -0.465 e. The highest BCUT2D eigenvalue weighted by Gasteiger charge is 2.38. The third-order valence-electron chi connectivity index (χ3n) is 5.00. The molecule has 2 rings (SSSR count). The van der Waals surface area contributed by atoms with E-state index in [1.165, 1.54) is 25.7 Å². The number of hydrogen-bond donors (Lipinski definition) is 1. The van der Waals surface area contributed by atoms with Crippen LogP contribution < -0.4 is 5.32 Å². The number of ether oxygens (including phenoxy) is 1. The number of hydrogen-bond acceptors (Lipinski definition) is 3. The smallest absolute Gasteiger partial charge is 0.323 e. The molecule has 0 amide bonds. The van der Waals surface area contributed by atoms with E-state index >= 15 is 0 Å². The molecule has 2 fully saturated rings. The molecule has 3 heteroatoms. The van der Waals surface area contributed by atoms with E-state index in [4.69, 9.17) is 4.74 Å². The van der Waals surface area contributed by atoms with Crippen molar-refractivity contribution < 1.29 is 9.53 Å². The zero-order valence-electron chi connectivity index (χ0n) is 13.6. The fourth-order valence-electron chi connectivity index (χ4n) is 3.45. The van der Waals surface area contributed by atoms with Crippen LogP contribution in [0, 0.1) is 17.3 Å². The number of rotatable bonds is 5. The number of carbonyl (C=O) groups is 1. The van der Waals surface area contributed by atoms with Gasteiger partial charge in [0, 0.05) is 6.04 Å². The molecular formula is C17H31NO2. The van der Waals surface area contributed by atoms with Crippen LogP contribution >= 0.6 is 0 Å². The summed E-state index contributed by atoms with van der Waals surface area (Å²) >= 11 is 0. The maximum atomic E-state index is 12.2. The average molecular weight is 281 g/mol. The van der Waals surface area contributed by atoms with Gasteiger partial charge in [-0.2, -0.15) is 0 Å². The van der Waals surface area contributed by atoms with Gasteiger partial charge in [0.25, 0.3) is 0 Å². The van der Waals surface area contributed by atoms with E-state index in [9.17, 15) is 4.79 Å². The quantitative estimate of drug-likeness (QED) is 0.784. The molecule has 1 N–H and O–H groups in total. The molecule has 116 valence electrons. The second-order valence-electron chi connectivity index (χ2n) is 7.65. The molecule has 0 saturated heterocycles. The van der Waals surface area contributed by atoms with Crippen molar-refractivity contribution in [1.82, 2.24) is 5.32 Å². The van der Waals surface area contributed by atoms with Crippen molar-refractivity contribution in [2.75, 3.05) is 6.61 Å². The molecule has 0 aromatic rings. The first-order valence-corrected chi connectivity index (χ1v) is 8.34. The van der Waals surface area contributed by atoms with Crippen molar-refractivity contribution >= 4 is 5.97 Å². The summed E-state index contributed by atoms with van der Waals surface area (Å²) in [4.78, 5) is 12.2. The fraction of sp³-hybridized carbons (Fsp3) is 0.941. The van der Waals surface area contributed by atoms with Crippen molar-refractivity contribution in [3.63, 3.8) is 0 Å². The molecule has 20 heavy (non-hydrogen) atoms. The summed E-state index contributed by atoms with van der Waals surface area (Å²) in [6.07, 6.45) is 7.24. The van der Waals surface area contributed by atoms with Crippen LogP contribution in [0.4, 0.5) is 0 Å². The zero-order chi connectivity index (χ0) is 14.8. The van der Waals surface area contributed by atoms with E-state index < -0.39 is 0 Å². The van der Waals surface area contributed by atoms with Gasteiger partial charge in [0.15, 0.2) is 0 Å². The lowest BCUT2D eigenvalue weighted by atomic mass is 9.68. The van der Waals surface area contributed by atoms with Crippen LogP contribution in [0.25, 0.3) is 0 Å². The van der Waals surface area contributed by atoms with Gasteiger partial charge >= 0.3 is 5.97 Å². The molecule has 0 aromatic heterocycles. The highest BCUT2D eigenvalue weighted by atomic mass is 16.5. The standard InChI is InChI=1S/C17H31NO2/c1-5-20-16(19)15(18-14-10-11-14)12-6-8-13(9-7-12)17(2,3)4/h12-15,18H,5-11H2,1-4H3. The van der Waals surface area contributed by atoms with Gasteiger partial charge in [-0.1, -0.05) is 20.8 Å². The molecule has 0 aliphatic heterocycles. The Morgan fingerprint density at radius 1 is 1.15 bits per heavy atom. The minimum atomic E-state index is -0.0663. The predicted molar refractivity (Wildman–Crippen MR) is 81.5 cm³/mol. The summed E-state index contributed by atoms with van der Waals surface area (Å²) in [6.45, 7) is 9.39. The van der Waals surface area contributed by atoms with Crippen LogP contribution in [0.5, 0.6) is 0 Å². The topological polar surface area (TPSA) is 38.3 Å². The van der Waals surface area contributed by atoms with Crippen LogP contribution in [0.2, 0.25) is 0 Å². The van der Waals surface area contributed by atoms with Crippen molar-refractivity contribution in [3.05, 3.63) is 0 Å². The molecule has 0 radical (unpaired) electrons. The maximum Gasteiger partial charge on any atom is 0.323 e. The summed E-state index contributed by atoms with van der Waals surface area (Å²) in [5.74, 6) is 1.23. The summed E-state index contributed by atoms with van der Waals surface area (Å²) in [5.41, 5.74) is 0.397. The van der Waals surface area contributed by atoms with E-state index in [2.05, 4.69) is 26.1 Å². The molecule has 0 heterocycles. The SMILES string of the molecule is CCOC(=O)C(NC1CC1)C1CCC(C(C)(C)C)CC1. The molecular weight excluding hydrogens is 250 g/mol. The average Bonchev–Trinajstić information content (AvgIpc) is 3.19. The van der Waals surface area contributed by atoms with E-state index in [0.717, 1.165) is 18.8 Å². The zero-order valence-corrected chi connectivity index (χ0v) is 13.6. The summed E-state index contributed by atoms with van der Waals surface area (Å²) in [6, 6.07) is 0.494. The second kappa shape index (κ2) is 6.46. The normalized spacial score (nSPS) is 29.0. The lowest BCUT2D eigenvalue weighted by molar-refractivity contribution is -0.147. The first-order chi connectivity index (χ1) is 9.41. The Hall–Kier alpha value is -0.570. The van der Waals surface area contributed by atoms with Gasteiger partial charge < -0.3 is 10.1 Å². The van der Waals surface area contributed by atoms with Crippen LogP contribution in [0.1, 0.15) is 66.2 Å². The molecule has 2 saturated carbocycles. The molecule has 2 aliphatic carbocycles. The van der Waals surface area contributed by atoms with Gasteiger partial charge in [0.05, 0.1) is 6.61 Å². The Labute approximate surface area is 123 Å². The first-order valence-electron chi connectivity index (χ1n) is 8.34. The van der Waals surface area contributed by atoms with Crippen molar-refractivity contribution in [2.45, 2.75) is 78.3 Å². The predicted octanol–water partition coefficient (Wildman–Crippen LogP) is 3.52. The number of carbonyl (C=O) groups excluding carboxylic acids is 1. The van der Waals surface area contributed by atoms with Crippen molar-refractivity contribution in [3.8, 4) is 0 Å². The Bertz CT molecular complexity index is 322. The first kappa shape index (κ1) is 15.8. The Balaban J connectivity index is 1.91. The van der Waals surface area contributed by atoms with Gasteiger partial charge in [-0.05, 0) is 62.7 Å². The number of esters is 1. The highest BCUT2D eigenvalue weighted by Crippen LogP contribution is 2.41. The molecule has 2 aliphatic rings. The van der Waals surface area contributed by atoms with E-state index in [1.54, 1.807) is 0 Å². The second-order valence-corrected chi connectivity index (χ2v) is 7.65. The van der Waals surface area contributed by atoms with Crippen LogP contribution in [0.15, 0.2) is 0 Å². The third-order valence-corrected chi connectivity index (χ3v) is 5.00. The third kappa shape index (κ3) is 4.21. The van der Waals surface area contributed by atoms with Gasteiger partial charge in [0.2, 0.25) is 0 Å². The van der Waals surface area contributed by atoms with Gasteiger partial charge in [-0.3, -0.25) is 4.79 Å². The molecule has 0 aromatic carbocycles. The summed E-state index contributed by atoms with van der Waals surface area (Å²) in [7, 11) is 0. The van der Waals surface area contributed by atoms with Crippen molar-refractivity contribution in [1.29, 1.82) is 0 Å². The van der Waals surface area contributed by atoms with Gasteiger partial charge in [-0.25, -0.2) is 0 Å². The molecule has 3 nitrogen and oxygen atoms in total. The molecule has 0 bridgehead atoms. The van der Waals surface area contributed by atoms with Crippen molar-refractivity contribution in [2.24, 2.45) is 17.3 Å². The Kier molecular flexibility index (Phi) is 5.11.